The van der Waals surface area contributed by atoms with Crippen LogP contribution in [-0.2, 0) is 4.79 Å². The van der Waals surface area contributed by atoms with Gasteiger partial charge in [0.1, 0.15) is 0 Å². The van der Waals surface area contributed by atoms with E-state index >= 15 is 0 Å². The van der Waals surface area contributed by atoms with Crippen molar-refractivity contribution in [1.29, 1.82) is 0 Å². The standard InChI is InChI=1S/C10H16OS/c1-9-5-2-3-7-10(11)12-8-4-6-9/h1-8H2. The molecule has 0 aromatic rings. The van der Waals surface area contributed by atoms with Gasteiger partial charge in [-0.2, -0.15) is 0 Å². The molecule has 2 heteroatoms. The lowest BCUT2D eigenvalue weighted by atomic mass is 10.1. The van der Waals surface area contributed by atoms with Crippen LogP contribution in [0.25, 0.3) is 0 Å². The minimum Gasteiger partial charge on any atom is -0.287 e. The van der Waals surface area contributed by atoms with Crippen LogP contribution in [0.1, 0.15) is 38.5 Å². The van der Waals surface area contributed by atoms with Gasteiger partial charge in [-0.1, -0.05) is 23.9 Å². The highest BCUT2D eigenvalue weighted by molar-refractivity contribution is 8.13. The monoisotopic (exact) mass is 184 g/mol. The van der Waals surface area contributed by atoms with Gasteiger partial charge in [-0.15, -0.1) is 0 Å². The van der Waals surface area contributed by atoms with Gasteiger partial charge in [0.2, 0.25) is 0 Å². The second kappa shape index (κ2) is 5.41. The summed E-state index contributed by atoms with van der Waals surface area (Å²) in [5.41, 5.74) is 1.37. The van der Waals surface area contributed by atoms with E-state index in [0.29, 0.717) is 5.12 Å². The fourth-order valence-electron chi connectivity index (χ4n) is 1.35. The highest BCUT2D eigenvalue weighted by atomic mass is 32.2. The Kier molecular flexibility index (Phi) is 4.44. The molecule has 12 heavy (non-hydrogen) atoms. The number of hydrogen-bond donors (Lipinski definition) is 0. The van der Waals surface area contributed by atoms with Crippen LogP contribution in [0.15, 0.2) is 12.2 Å². The molecule has 0 aromatic carbocycles. The van der Waals surface area contributed by atoms with Crippen molar-refractivity contribution >= 4 is 16.9 Å². The highest BCUT2D eigenvalue weighted by Crippen LogP contribution is 2.19. The maximum absolute atomic E-state index is 11.1. The van der Waals surface area contributed by atoms with Gasteiger partial charge in [-0.25, -0.2) is 0 Å². The zero-order valence-electron chi connectivity index (χ0n) is 7.47. The average Bonchev–Trinajstić information content (AvgIpc) is 2.06. The van der Waals surface area contributed by atoms with Gasteiger partial charge < -0.3 is 0 Å². The van der Waals surface area contributed by atoms with Crippen molar-refractivity contribution in [3.05, 3.63) is 12.2 Å². The summed E-state index contributed by atoms with van der Waals surface area (Å²) in [6.45, 7) is 4.01. The molecule has 1 nitrogen and oxygen atoms in total. The van der Waals surface area contributed by atoms with Crippen molar-refractivity contribution in [2.75, 3.05) is 5.75 Å². The van der Waals surface area contributed by atoms with E-state index in [9.17, 15) is 4.79 Å². The third-order valence-corrected chi connectivity index (χ3v) is 3.12. The van der Waals surface area contributed by atoms with E-state index in [2.05, 4.69) is 6.58 Å². The number of rotatable bonds is 0. The summed E-state index contributed by atoms with van der Waals surface area (Å²) < 4.78 is 0. The van der Waals surface area contributed by atoms with Crippen LogP contribution >= 0.6 is 11.8 Å². The van der Waals surface area contributed by atoms with E-state index in [4.69, 9.17) is 0 Å². The Hall–Kier alpha value is -0.240. The number of carbonyl (C=O) groups excluding carboxylic acids is 1. The lowest BCUT2D eigenvalue weighted by molar-refractivity contribution is -0.111. The zero-order chi connectivity index (χ0) is 8.81. The molecule has 0 atom stereocenters. The molecular weight excluding hydrogens is 168 g/mol. The van der Waals surface area contributed by atoms with Gasteiger partial charge in [0.25, 0.3) is 0 Å². The third-order valence-electron chi connectivity index (χ3n) is 2.10. The topological polar surface area (TPSA) is 17.1 Å². The fraction of sp³-hybridized carbons (Fsp3) is 0.700. The molecule has 1 rings (SSSR count). The highest BCUT2D eigenvalue weighted by Gasteiger charge is 2.05. The zero-order valence-corrected chi connectivity index (χ0v) is 8.29. The molecule has 0 saturated carbocycles. The van der Waals surface area contributed by atoms with Crippen LogP contribution in [0.3, 0.4) is 0 Å². The normalized spacial score (nSPS) is 22.3. The minimum absolute atomic E-state index is 0.377. The minimum atomic E-state index is 0.377. The quantitative estimate of drug-likeness (QED) is 0.538. The van der Waals surface area contributed by atoms with Crippen LogP contribution in [0.4, 0.5) is 0 Å². The van der Waals surface area contributed by atoms with Gasteiger partial charge >= 0.3 is 0 Å². The lowest BCUT2D eigenvalue weighted by Crippen LogP contribution is -1.97. The summed E-state index contributed by atoms with van der Waals surface area (Å²) in [5, 5.41) is 0.377. The van der Waals surface area contributed by atoms with Crippen molar-refractivity contribution in [3.8, 4) is 0 Å². The molecule has 0 unspecified atom stereocenters. The van der Waals surface area contributed by atoms with Gasteiger partial charge in [-0.05, 0) is 32.1 Å². The van der Waals surface area contributed by atoms with Crippen molar-refractivity contribution in [2.24, 2.45) is 0 Å². The molecule has 1 heterocycles. The second-order valence-corrected chi connectivity index (χ2v) is 4.43. The number of hydrogen-bond acceptors (Lipinski definition) is 2. The first-order valence-electron chi connectivity index (χ1n) is 4.61. The predicted octanol–water partition coefficient (Wildman–Crippen LogP) is 3.16. The molecule has 0 aliphatic carbocycles. The molecule has 0 N–H and O–H groups in total. The molecule has 0 amide bonds. The molecule has 1 fully saturated rings. The Balaban J connectivity index is 2.29. The van der Waals surface area contributed by atoms with E-state index in [1.807, 2.05) is 0 Å². The second-order valence-electron chi connectivity index (χ2n) is 3.28. The molecule has 68 valence electrons. The third kappa shape index (κ3) is 3.96. The summed E-state index contributed by atoms with van der Waals surface area (Å²) >= 11 is 1.50. The average molecular weight is 184 g/mol. The maximum Gasteiger partial charge on any atom is 0.188 e. The molecule has 0 spiro atoms. The summed E-state index contributed by atoms with van der Waals surface area (Å²) in [5.74, 6) is 0.984. The number of allylic oxidation sites excluding steroid dienone is 1. The van der Waals surface area contributed by atoms with E-state index < -0.39 is 0 Å². The first-order chi connectivity index (χ1) is 5.79. The number of carbonyl (C=O) groups is 1. The fourth-order valence-corrected chi connectivity index (χ4v) is 2.15. The first kappa shape index (κ1) is 9.85. The summed E-state index contributed by atoms with van der Waals surface area (Å²) in [6, 6.07) is 0. The van der Waals surface area contributed by atoms with Crippen LogP contribution in [0.5, 0.6) is 0 Å². The van der Waals surface area contributed by atoms with Crippen LogP contribution in [0, 0.1) is 0 Å². The Labute approximate surface area is 78.6 Å². The molecule has 0 bridgehead atoms. The Morgan fingerprint density at radius 1 is 1.08 bits per heavy atom. The van der Waals surface area contributed by atoms with E-state index in [0.717, 1.165) is 44.3 Å². The Bertz CT molecular complexity index is 139. The van der Waals surface area contributed by atoms with E-state index in [-0.39, 0.29) is 0 Å². The van der Waals surface area contributed by atoms with Gasteiger partial charge in [0.05, 0.1) is 0 Å². The molecule has 0 aromatic heterocycles. The van der Waals surface area contributed by atoms with Crippen molar-refractivity contribution in [3.63, 3.8) is 0 Å². The van der Waals surface area contributed by atoms with Gasteiger partial charge in [0.15, 0.2) is 5.12 Å². The smallest absolute Gasteiger partial charge is 0.188 e. The van der Waals surface area contributed by atoms with Crippen LogP contribution < -0.4 is 0 Å². The Morgan fingerprint density at radius 2 is 1.75 bits per heavy atom. The Morgan fingerprint density at radius 3 is 2.58 bits per heavy atom. The van der Waals surface area contributed by atoms with Crippen molar-refractivity contribution in [2.45, 2.75) is 38.5 Å². The number of thioether (sulfide) groups is 1. The predicted molar refractivity (Wildman–Crippen MR) is 54.3 cm³/mol. The van der Waals surface area contributed by atoms with Crippen molar-refractivity contribution in [1.82, 2.24) is 0 Å². The largest absolute Gasteiger partial charge is 0.287 e. The molecule has 1 aliphatic rings. The van der Waals surface area contributed by atoms with E-state index in [1.54, 1.807) is 0 Å². The maximum atomic E-state index is 11.1. The lowest BCUT2D eigenvalue weighted by Gasteiger charge is -2.08. The van der Waals surface area contributed by atoms with Crippen LogP contribution in [0.2, 0.25) is 0 Å². The summed E-state index contributed by atoms with van der Waals surface area (Å²) in [7, 11) is 0. The molecule has 1 saturated heterocycles. The molecule has 0 radical (unpaired) electrons. The molecule has 1 aliphatic heterocycles. The molecular formula is C10H16OS. The van der Waals surface area contributed by atoms with Crippen molar-refractivity contribution < 1.29 is 4.79 Å². The summed E-state index contributed by atoms with van der Waals surface area (Å²) in [6.07, 6.45) is 6.31. The SMILES string of the molecule is C=C1CCCCC(=O)SCCC1. The summed E-state index contributed by atoms with van der Waals surface area (Å²) in [4.78, 5) is 11.1. The van der Waals surface area contributed by atoms with E-state index in [1.165, 1.54) is 17.3 Å². The van der Waals surface area contributed by atoms with Gasteiger partial charge in [-0.3, -0.25) is 4.79 Å². The first-order valence-corrected chi connectivity index (χ1v) is 5.60. The van der Waals surface area contributed by atoms with Gasteiger partial charge in [0, 0.05) is 12.2 Å². The van der Waals surface area contributed by atoms with Crippen LogP contribution in [-0.4, -0.2) is 10.9 Å².